The molecule has 0 radical (unpaired) electrons. The number of aryl methyl sites for hydroxylation is 1. The molecule has 0 bridgehead atoms. The van der Waals surface area contributed by atoms with Crippen LogP contribution >= 0.6 is 15.9 Å². The minimum absolute atomic E-state index is 0.0931. The van der Waals surface area contributed by atoms with Crippen LogP contribution in [0.25, 0.3) is 0 Å². The number of carbonyl (C=O) groups is 1. The third-order valence-electron chi connectivity index (χ3n) is 3.79. The smallest absolute Gasteiger partial charge is 0.223 e. The topological polar surface area (TPSA) is 38.3 Å². The number of hydrogen-bond acceptors (Lipinski definition) is 2. The summed E-state index contributed by atoms with van der Waals surface area (Å²) in [6, 6.07) is 8.23. The van der Waals surface area contributed by atoms with Crippen LogP contribution in [-0.4, -0.2) is 23.9 Å². The molecule has 1 aliphatic rings. The normalized spacial score (nSPS) is 21.7. The van der Waals surface area contributed by atoms with E-state index in [4.69, 9.17) is 4.74 Å². The van der Waals surface area contributed by atoms with E-state index < -0.39 is 0 Å². The largest absolute Gasteiger partial charge is 0.493 e. The number of halogens is 1. The Bertz CT molecular complexity index is 450. The Kier molecular flexibility index (Phi) is 5.89. The van der Waals surface area contributed by atoms with Crippen molar-refractivity contribution in [3.05, 3.63) is 29.8 Å². The van der Waals surface area contributed by atoms with Crippen LogP contribution in [0.15, 0.2) is 24.3 Å². The Morgan fingerprint density at radius 2 is 2.30 bits per heavy atom. The van der Waals surface area contributed by atoms with Crippen molar-refractivity contribution >= 4 is 21.8 Å². The van der Waals surface area contributed by atoms with Gasteiger partial charge in [-0.3, -0.25) is 4.79 Å². The van der Waals surface area contributed by atoms with Crippen LogP contribution in [0.5, 0.6) is 5.75 Å². The van der Waals surface area contributed by atoms with Crippen molar-refractivity contribution in [3.8, 4) is 5.75 Å². The van der Waals surface area contributed by atoms with Crippen LogP contribution in [0.4, 0.5) is 0 Å². The SMILES string of the molecule is Cc1cccc(OCCC(=O)NC2CCCC2CBr)c1. The van der Waals surface area contributed by atoms with E-state index in [1.807, 2.05) is 31.2 Å². The van der Waals surface area contributed by atoms with Crippen molar-refractivity contribution in [2.45, 2.75) is 38.6 Å². The number of hydrogen-bond donors (Lipinski definition) is 1. The summed E-state index contributed by atoms with van der Waals surface area (Å²) >= 11 is 3.52. The van der Waals surface area contributed by atoms with Crippen LogP contribution in [-0.2, 0) is 4.79 Å². The van der Waals surface area contributed by atoms with Gasteiger partial charge in [-0.2, -0.15) is 0 Å². The monoisotopic (exact) mass is 339 g/mol. The van der Waals surface area contributed by atoms with E-state index in [-0.39, 0.29) is 5.91 Å². The van der Waals surface area contributed by atoms with E-state index >= 15 is 0 Å². The number of nitrogens with one attached hydrogen (secondary N) is 1. The second kappa shape index (κ2) is 7.67. The molecule has 1 amide bonds. The van der Waals surface area contributed by atoms with Gasteiger partial charge in [0.25, 0.3) is 0 Å². The third-order valence-corrected chi connectivity index (χ3v) is 4.62. The highest BCUT2D eigenvalue weighted by atomic mass is 79.9. The molecular formula is C16H22BrNO2. The molecule has 2 atom stereocenters. The summed E-state index contributed by atoms with van der Waals surface area (Å²) in [5, 5.41) is 4.10. The van der Waals surface area contributed by atoms with Crippen LogP contribution in [0.2, 0.25) is 0 Å². The minimum Gasteiger partial charge on any atom is -0.493 e. The fourth-order valence-corrected chi connectivity index (χ4v) is 3.43. The van der Waals surface area contributed by atoms with Gasteiger partial charge < -0.3 is 10.1 Å². The summed E-state index contributed by atoms with van der Waals surface area (Å²) in [4.78, 5) is 11.9. The minimum atomic E-state index is 0.0931. The van der Waals surface area contributed by atoms with Crippen molar-refractivity contribution in [2.24, 2.45) is 5.92 Å². The van der Waals surface area contributed by atoms with Crippen molar-refractivity contribution in [1.29, 1.82) is 0 Å². The molecule has 0 spiro atoms. The molecular weight excluding hydrogens is 318 g/mol. The number of ether oxygens (including phenoxy) is 1. The molecule has 4 heteroatoms. The zero-order chi connectivity index (χ0) is 14.4. The first-order valence-corrected chi connectivity index (χ1v) is 8.36. The van der Waals surface area contributed by atoms with Crippen LogP contribution in [0, 0.1) is 12.8 Å². The number of carbonyl (C=O) groups excluding carboxylic acids is 1. The molecule has 0 aliphatic heterocycles. The van der Waals surface area contributed by atoms with E-state index in [1.165, 1.54) is 12.8 Å². The Balaban J connectivity index is 1.70. The lowest BCUT2D eigenvalue weighted by molar-refractivity contribution is -0.122. The van der Waals surface area contributed by atoms with Gasteiger partial charge in [-0.25, -0.2) is 0 Å². The lowest BCUT2D eigenvalue weighted by Crippen LogP contribution is -2.38. The summed E-state index contributed by atoms with van der Waals surface area (Å²) in [6.45, 7) is 2.46. The molecule has 110 valence electrons. The van der Waals surface area contributed by atoms with Crippen molar-refractivity contribution < 1.29 is 9.53 Å². The van der Waals surface area contributed by atoms with Gasteiger partial charge in [-0.15, -0.1) is 0 Å². The first-order valence-electron chi connectivity index (χ1n) is 7.24. The molecule has 0 aromatic heterocycles. The zero-order valence-corrected chi connectivity index (χ0v) is 13.5. The third kappa shape index (κ3) is 4.51. The highest BCUT2D eigenvalue weighted by molar-refractivity contribution is 9.09. The average molecular weight is 340 g/mol. The lowest BCUT2D eigenvalue weighted by atomic mass is 10.1. The Morgan fingerprint density at radius 3 is 3.05 bits per heavy atom. The Hall–Kier alpha value is -1.03. The molecule has 2 rings (SSSR count). The molecule has 1 saturated carbocycles. The van der Waals surface area contributed by atoms with Gasteiger partial charge in [0.1, 0.15) is 5.75 Å². The van der Waals surface area contributed by atoms with Gasteiger partial charge in [0.05, 0.1) is 13.0 Å². The molecule has 1 aromatic carbocycles. The van der Waals surface area contributed by atoms with E-state index in [0.717, 1.165) is 23.1 Å². The van der Waals surface area contributed by atoms with Gasteiger partial charge in [0, 0.05) is 11.4 Å². The van der Waals surface area contributed by atoms with E-state index in [1.54, 1.807) is 0 Å². The summed E-state index contributed by atoms with van der Waals surface area (Å²) in [5.41, 5.74) is 1.16. The molecule has 20 heavy (non-hydrogen) atoms. The predicted octanol–water partition coefficient (Wildman–Crippen LogP) is 3.44. The zero-order valence-electron chi connectivity index (χ0n) is 11.9. The standard InChI is InChI=1S/C16H22BrNO2/c1-12-4-2-6-14(10-12)20-9-8-16(19)18-15-7-3-5-13(15)11-17/h2,4,6,10,13,15H,3,5,7-9,11H2,1H3,(H,18,19). The molecule has 3 nitrogen and oxygen atoms in total. The first-order chi connectivity index (χ1) is 9.69. The van der Waals surface area contributed by atoms with Crippen LogP contribution < -0.4 is 10.1 Å². The molecule has 1 aromatic rings. The number of benzene rings is 1. The summed E-state index contributed by atoms with van der Waals surface area (Å²) < 4.78 is 5.61. The molecule has 1 N–H and O–H groups in total. The molecule has 1 fully saturated rings. The van der Waals surface area contributed by atoms with Gasteiger partial charge in [0.15, 0.2) is 0 Å². The van der Waals surface area contributed by atoms with Crippen molar-refractivity contribution in [3.63, 3.8) is 0 Å². The first kappa shape index (κ1) is 15.4. The number of alkyl halides is 1. The highest BCUT2D eigenvalue weighted by Gasteiger charge is 2.27. The van der Waals surface area contributed by atoms with Crippen molar-refractivity contribution in [2.75, 3.05) is 11.9 Å². The quantitative estimate of drug-likeness (QED) is 0.806. The van der Waals surface area contributed by atoms with Crippen LogP contribution in [0.3, 0.4) is 0 Å². The van der Waals surface area contributed by atoms with E-state index in [0.29, 0.717) is 25.0 Å². The number of rotatable bonds is 6. The molecule has 0 heterocycles. The van der Waals surface area contributed by atoms with Gasteiger partial charge in [-0.05, 0) is 43.4 Å². The molecule has 2 unspecified atom stereocenters. The van der Waals surface area contributed by atoms with Gasteiger partial charge >= 0.3 is 0 Å². The van der Waals surface area contributed by atoms with Gasteiger partial charge in [0.2, 0.25) is 5.91 Å². The highest BCUT2D eigenvalue weighted by Crippen LogP contribution is 2.27. The maximum atomic E-state index is 11.9. The molecule has 0 saturated heterocycles. The lowest BCUT2D eigenvalue weighted by Gasteiger charge is -2.19. The fourth-order valence-electron chi connectivity index (χ4n) is 2.66. The number of amides is 1. The Morgan fingerprint density at radius 1 is 1.45 bits per heavy atom. The maximum absolute atomic E-state index is 11.9. The van der Waals surface area contributed by atoms with E-state index in [2.05, 4.69) is 21.2 Å². The second-order valence-electron chi connectivity index (χ2n) is 5.43. The fraction of sp³-hybridized carbons (Fsp3) is 0.562. The summed E-state index contributed by atoms with van der Waals surface area (Å²) in [7, 11) is 0. The van der Waals surface area contributed by atoms with E-state index in [9.17, 15) is 4.79 Å². The predicted molar refractivity (Wildman–Crippen MR) is 84.4 cm³/mol. The maximum Gasteiger partial charge on any atom is 0.223 e. The second-order valence-corrected chi connectivity index (χ2v) is 6.08. The average Bonchev–Trinajstić information content (AvgIpc) is 2.86. The molecule has 1 aliphatic carbocycles. The summed E-state index contributed by atoms with van der Waals surface area (Å²) in [6.07, 6.45) is 3.93. The van der Waals surface area contributed by atoms with Crippen molar-refractivity contribution in [1.82, 2.24) is 5.32 Å². The van der Waals surface area contributed by atoms with Crippen LogP contribution in [0.1, 0.15) is 31.2 Å². The summed E-state index contributed by atoms with van der Waals surface area (Å²) in [5.74, 6) is 1.50. The van der Waals surface area contributed by atoms with Gasteiger partial charge in [-0.1, -0.05) is 34.5 Å². The Labute approximate surface area is 129 Å².